The maximum Gasteiger partial charge on any atom is 0.242 e. The second-order valence-electron chi connectivity index (χ2n) is 7.18. The van der Waals surface area contributed by atoms with Gasteiger partial charge in [0.15, 0.2) is 0 Å². The number of hydrogen-bond donors (Lipinski definition) is 0. The van der Waals surface area contributed by atoms with E-state index in [0.717, 1.165) is 42.1 Å². The number of nitrogens with zero attached hydrogens (tertiary/aromatic N) is 2. The number of benzene rings is 1. The molecular weight excluding hydrogens is 384 g/mol. The average Bonchev–Trinajstić information content (AvgIpc) is 2.81. The number of carbonyl (C=O) groups is 3. The Balaban J connectivity index is 1.62. The zero-order valence-electron chi connectivity index (χ0n) is 14.5. The molecule has 3 amide bonds. The summed E-state index contributed by atoms with van der Waals surface area (Å²) in [5, 5.41) is 0. The zero-order chi connectivity index (χ0) is 18.0. The lowest BCUT2D eigenvalue weighted by Crippen LogP contribution is -2.43. The fraction of sp³-hybridized carbons (Fsp3) is 0.526. The van der Waals surface area contributed by atoms with Gasteiger partial charge in [-0.15, -0.1) is 0 Å². The van der Waals surface area contributed by atoms with Crippen molar-refractivity contribution in [3.63, 3.8) is 0 Å². The van der Waals surface area contributed by atoms with Crippen molar-refractivity contribution in [3.8, 4) is 0 Å². The third-order valence-corrected chi connectivity index (χ3v) is 5.88. The second kappa shape index (κ2) is 7.28. The van der Waals surface area contributed by atoms with Crippen LogP contribution in [0.2, 0.25) is 0 Å². The van der Waals surface area contributed by atoms with Crippen molar-refractivity contribution in [2.75, 3.05) is 13.6 Å². The number of likely N-dealkylation sites (tertiary alicyclic amines) is 1. The lowest BCUT2D eigenvalue weighted by Gasteiger charge is -2.30. The first-order chi connectivity index (χ1) is 11.9. The van der Waals surface area contributed by atoms with Gasteiger partial charge in [0.1, 0.15) is 6.54 Å². The molecule has 0 atom stereocenters. The van der Waals surface area contributed by atoms with Crippen LogP contribution in [0.3, 0.4) is 0 Å². The van der Waals surface area contributed by atoms with Gasteiger partial charge in [-0.1, -0.05) is 47.3 Å². The van der Waals surface area contributed by atoms with Crippen LogP contribution in [0.15, 0.2) is 28.7 Å². The summed E-state index contributed by atoms with van der Waals surface area (Å²) >= 11 is 3.38. The lowest BCUT2D eigenvalue weighted by atomic mass is 9.73. The van der Waals surface area contributed by atoms with Gasteiger partial charge in [-0.2, -0.15) is 0 Å². The quantitative estimate of drug-likeness (QED) is 0.721. The Bertz CT molecular complexity index is 680. The lowest BCUT2D eigenvalue weighted by molar-refractivity contribution is -0.147. The zero-order valence-corrected chi connectivity index (χ0v) is 16.0. The standard InChI is InChI=1S/C19H23BrN2O3/c1-21(12-14-5-7-15(20)8-6-14)17(24)13-22-16(23)11-19(18(22)25)9-3-2-4-10-19/h5-8H,2-4,9-13H2,1H3. The predicted octanol–water partition coefficient (Wildman–Crippen LogP) is 3.12. The highest BCUT2D eigenvalue weighted by Crippen LogP contribution is 2.45. The highest BCUT2D eigenvalue weighted by Gasteiger charge is 2.51. The first-order valence-electron chi connectivity index (χ1n) is 8.74. The van der Waals surface area contributed by atoms with Crippen LogP contribution >= 0.6 is 15.9 Å². The van der Waals surface area contributed by atoms with Crippen LogP contribution in [0.4, 0.5) is 0 Å². The Labute approximate surface area is 156 Å². The van der Waals surface area contributed by atoms with E-state index in [0.29, 0.717) is 6.54 Å². The van der Waals surface area contributed by atoms with E-state index >= 15 is 0 Å². The van der Waals surface area contributed by atoms with Gasteiger partial charge < -0.3 is 4.90 Å². The van der Waals surface area contributed by atoms with Gasteiger partial charge in [0.25, 0.3) is 0 Å². The summed E-state index contributed by atoms with van der Waals surface area (Å²) in [5.41, 5.74) is 0.474. The highest BCUT2D eigenvalue weighted by molar-refractivity contribution is 9.10. The van der Waals surface area contributed by atoms with Crippen molar-refractivity contribution in [1.29, 1.82) is 0 Å². The van der Waals surface area contributed by atoms with E-state index in [-0.39, 0.29) is 30.7 Å². The SMILES string of the molecule is CN(Cc1ccc(Br)cc1)C(=O)CN1C(=O)CC2(CCCCC2)C1=O. The molecule has 3 rings (SSSR count). The molecule has 1 heterocycles. The van der Waals surface area contributed by atoms with Crippen molar-refractivity contribution in [3.05, 3.63) is 34.3 Å². The molecule has 2 aliphatic rings. The van der Waals surface area contributed by atoms with Crippen molar-refractivity contribution in [2.45, 2.75) is 45.1 Å². The van der Waals surface area contributed by atoms with Crippen LogP contribution < -0.4 is 0 Å². The Kier molecular flexibility index (Phi) is 5.27. The Morgan fingerprint density at radius 1 is 1.16 bits per heavy atom. The van der Waals surface area contributed by atoms with Crippen LogP contribution in [-0.4, -0.2) is 41.1 Å². The molecule has 1 spiro atoms. The third-order valence-electron chi connectivity index (χ3n) is 5.35. The number of likely N-dealkylation sites (N-methyl/N-ethyl adjacent to an activating group) is 1. The van der Waals surface area contributed by atoms with Crippen LogP contribution in [0, 0.1) is 5.41 Å². The van der Waals surface area contributed by atoms with Gasteiger partial charge in [-0.25, -0.2) is 0 Å². The third kappa shape index (κ3) is 3.78. The fourth-order valence-electron chi connectivity index (χ4n) is 3.85. The van der Waals surface area contributed by atoms with Gasteiger partial charge in [0.05, 0.1) is 5.41 Å². The average molecular weight is 407 g/mol. The van der Waals surface area contributed by atoms with Gasteiger partial charge in [0, 0.05) is 24.5 Å². The summed E-state index contributed by atoms with van der Waals surface area (Å²) in [7, 11) is 1.70. The molecule has 1 aliphatic heterocycles. The molecule has 0 bridgehead atoms. The minimum Gasteiger partial charge on any atom is -0.340 e. The second-order valence-corrected chi connectivity index (χ2v) is 8.09. The van der Waals surface area contributed by atoms with Crippen LogP contribution in [-0.2, 0) is 20.9 Å². The summed E-state index contributed by atoms with van der Waals surface area (Å²) in [4.78, 5) is 40.4. The predicted molar refractivity (Wildman–Crippen MR) is 97.5 cm³/mol. The van der Waals surface area contributed by atoms with Crippen molar-refractivity contribution in [1.82, 2.24) is 9.80 Å². The van der Waals surface area contributed by atoms with Gasteiger partial charge in [-0.05, 0) is 30.5 Å². The maximum absolute atomic E-state index is 12.8. The Morgan fingerprint density at radius 2 is 1.80 bits per heavy atom. The number of imide groups is 1. The molecule has 2 fully saturated rings. The van der Waals surface area contributed by atoms with E-state index < -0.39 is 5.41 Å². The van der Waals surface area contributed by atoms with Gasteiger partial charge in [0.2, 0.25) is 17.7 Å². The number of carbonyl (C=O) groups excluding carboxylic acids is 3. The molecular formula is C19H23BrN2O3. The van der Waals surface area contributed by atoms with E-state index in [1.807, 2.05) is 24.3 Å². The minimum atomic E-state index is -0.528. The first-order valence-corrected chi connectivity index (χ1v) is 9.54. The summed E-state index contributed by atoms with van der Waals surface area (Å²) in [6.07, 6.45) is 4.93. The van der Waals surface area contributed by atoms with Gasteiger partial charge >= 0.3 is 0 Å². The smallest absolute Gasteiger partial charge is 0.242 e. The number of rotatable bonds is 4. The Morgan fingerprint density at radius 3 is 2.44 bits per heavy atom. The summed E-state index contributed by atoms with van der Waals surface area (Å²) < 4.78 is 0.983. The highest BCUT2D eigenvalue weighted by atomic mass is 79.9. The normalized spacial score (nSPS) is 19.5. The summed E-state index contributed by atoms with van der Waals surface area (Å²) in [6, 6.07) is 7.73. The van der Waals surface area contributed by atoms with E-state index in [1.54, 1.807) is 11.9 Å². The molecule has 0 unspecified atom stereocenters. The molecule has 1 saturated heterocycles. The summed E-state index contributed by atoms with van der Waals surface area (Å²) in [5.74, 6) is -0.544. The van der Waals surface area contributed by atoms with E-state index in [4.69, 9.17) is 0 Å². The van der Waals surface area contributed by atoms with Crippen molar-refractivity contribution >= 4 is 33.7 Å². The number of halogens is 1. The number of hydrogen-bond acceptors (Lipinski definition) is 3. The molecule has 6 heteroatoms. The number of amides is 3. The topological polar surface area (TPSA) is 57.7 Å². The van der Waals surface area contributed by atoms with Crippen molar-refractivity contribution < 1.29 is 14.4 Å². The summed E-state index contributed by atoms with van der Waals surface area (Å²) in [6.45, 7) is 0.305. The molecule has 5 nitrogen and oxygen atoms in total. The molecule has 0 radical (unpaired) electrons. The van der Waals surface area contributed by atoms with Crippen LogP contribution in [0.5, 0.6) is 0 Å². The van der Waals surface area contributed by atoms with Gasteiger partial charge in [-0.3, -0.25) is 19.3 Å². The largest absolute Gasteiger partial charge is 0.340 e. The molecule has 25 heavy (non-hydrogen) atoms. The van der Waals surface area contributed by atoms with Crippen molar-refractivity contribution in [2.24, 2.45) is 5.41 Å². The molecule has 1 aliphatic carbocycles. The molecule has 1 saturated carbocycles. The van der Waals surface area contributed by atoms with E-state index in [9.17, 15) is 14.4 Å². The first kappa shape index (κ1) is 18.1. The molecule has 0 aromatic heterocycles. The molecule has 1 aromatic carbocycles. The monoisotopic (exact) mass is 406 g/mol. The van der Waals surface area contributed by atoms with Crippen LogP contribution in [0.1, 0.15) is 44.1 Å². The molecule has 0 N–H and O–H groups in total. The molecule has 134 valence electrons. The van der Waals surface area contributed by atoms with E-state index in [1.165, 1.54) is 4.90 Å². The minimum absolute atomic E-state index is 0.136. The van der Waals surface area contributed by atoms with Crippen LogP contribution in [0.25, 0.3) is 0 Å². The Hall–Kier alpha value is -1.69. The van der Waals surface area contributed by atoms with E-state index in [2.05, 4.69) is 15.9 Å². The fourth-order valence-corrected chi connectivity index (χ4v) is 4.11. The molecule has 1 aromatic rings. The maximum atomic E-state index is 12.8.